The molecule has 1 heteroatoms. The molecule has 0 aromatic heterocycles. The van der Waals surface area contributed by atoms with Gasteiger partial charge in [0.1, 0.15) is 0 Å². The minimum Gasteiger partial charge on any atom is -0.376 e. The van der Waals surface area contributed by atoms with E-state index in [0.717, 1.165) is 0 Å². The van der Waals surface area contributed by atoms with Crippen molar-refractivity contribution in [2.24, 2.45) is 0 Å². The molecule has 0 N–H and O–H groups in total. The third-order valence-electron chi connectivity index (χ3n) is 2.47. The van der Waals surface area contributed by atoms with E-state index >= 15 is 0 Å². The molecule has 14 heavy (non-hydrogen) atoms. The minimum atomic E-state index is 0.380. The first kappa shape index (κ1) is 14.0. The highest BCUT2D eigenvalue weighted by molar-refractivity contribution is 4.53. The van der Waals surface area contributed by atoms with Gasteiger partial charge in [-0.2, -0.15) is 0 Å². The van der Waals surface area contributed by atoms with E-state index in [4.69, 9.17) is 4.74 Å². The van der Waals surface area contributed by atoms with E-state index in [1.54, 1.807) is 0 Å². The van der Waals surface area contributed by atoms with Gasteiger partial charge in [-0.05, 0) is 27.2 Å². The Morgan fingerprint density at radius 1 is 0.857 bits per heavy atom. The van der Waals surface area contributed by atoms with E-state index in [1.165, 1.54) is 44.9 Å². The van der Waals surface area contributed by atoms with Crippen LogP contribution in [0.3, 0.4) is 0 Å². The number of ether oxygens (including phenoxy) is 1. The van der Waals surface area contributed by atoms with Crippen LogP contribution in [0.5, 0.6) is 0 Å². The molecule has 0 spiro atoms. The van der Waals surface area contributed by atoms with Crippen molar-refractivity contribution in [2.45, 2.75) is 84.8 Å². The van der Waals surface area contributed by atoms with Gasteiger partial charge in [0.2, 0.25) is 0 Å². The van der Waals surface area contributed by atoms with Gasteiger partial charge in [-0.3, -0.25) is 0 Å². The lowest BCUT2D eigenvalue weighted by atomic mass is 10.1. The molecule has 0 aromatic rings. The average Bonchev–Trinajstić information content (AvgIpc) is 2.10. The van der Waals surface area contributed by atoms with Crippen LogP contribution in [0, 0.1) is 0 Å². The van der Waals surface area contributed by atoms with Crippen LogP contribution >= 0.6 is 0 Å². The third kappa shape index (κ3) is 10.0. The highest BCUT2D eigenvalue weighted by Crippen LogP contribution is 2.11. The first-order valence-corrected chi connectivity index (χ1v) is 6.32. The summed E-state index contributed by atoms with van der Waals surface area (Å²) in [6.07, 6.45) is 10.3. The fourth-order valence-electron chi connectivity index (χ4n) is 1.74. The molecule has 0 heterocycles. The monoisotopic (exact) mass is 200 g/mol. The number of rotatable bonds is 9. The van der Waals surface area contributed by atoms with Gasteiger partial charge in [0.15, 0.2) is 0 Å². The summed E-state index contributed by atoms with van der Waals surface area (Å²) < 4.78 is 5.68. The highest BCUT2D eigenvalue weighted by atomic mass is 16.5. The van der Waals surface area contributed by atoms with Crippen molar-refractivity contribution in [2.75, 3.05) is 0 Å². The molecule has 0 aliphatic rings. The molecule has 0 aliphatic carbocycles. The van der Waals surface area contributed by atoms with Crippen LogP contribution in [-0.4, -0.2) is 12.2 Å². The number of unbranched alkanes of at least 4 members (excludes halogenated alkanes) is 5. The van der Waals surface area contributed by atoms with Crippen molar-refractivity contribution >= 4 is 0 Å². The van der Waals surface area contributed by atoms with Gasteiger partial charge >= 0.3 is 0 Å². The predicted octanol–water partition coefficient (Wildman–Crippen LogP) is 4.55. The zero-order valence-corrected chi connectivity index (χ0v) is 10.5. The lowest BCUT2D eigenvalue weighted by molar-refractivity contribution is 0.0131. The maximum Gasteiger partial charge on any atom is 0.0550 e. The lowest BCUT2D eigenvalue weighted by Gasteiger charge is -2.15. The molecule has 0 rings (SSSR count). The molecule has 0 saturated carbocycles. The Morgan fingerprint density at radius 2 is 1.43 bits per heavy atom. The predicted molar refractivity (Wildman–Crippen MR) is 63.7 cm³/mol. The van der Waals surface area contributed by atoms with Crippen LogP contribution in [0.2, 0.25) is 0 Å². The standard InChI is InChI=1S/C13H28O/c1-5-6-7-8-9-10-11-13(4)14-12(2)3/h12-13H,5-11H2,1-4H3. The summed E-state index contributed by atoms with van der Waals surface area (Å²) in [6.45, 7) is 8.67. The SMILES string of the molecule is CCCCCCCCC(C)OC(C)C. The molecular formula is C13H28O. The molecule has 1 unspecified atom stereocenters. The van der Waals surface area contributed by atoms with E-state index in [1.807, 2.05) is 0 Å². The fraction of sp³-hybridized carbons (Fsp3) is 1.00. The van der Waals surface area contributed by atoms with E-state index < -0.39 is 0 Å². The quantitative estimate of drug-likeness (QED) is 0.496. The summed E-state index contributed by atoms with van der Waals surface area (Å²) in [6, 6.07) is 0. The van der Waals surface area contributed by atoms with Crippen molar-refractivity contribution in [1.29, 1.82) is 0 Å². The molecule has 0 saturated heterocycles. The topological polar surface area (TPSA) is 9.23 Å². The van der Waals surface area contributed by atoms with Crippen molar-refractivity contribution in [3.63, 3.8) is 0 Å². The third-order valence-corrected chi connectivity index (χ3v) is 2.47. The molecule has 0 bridgehead atoms. The molecule has 0 aromatic carbocycles. The fourth-order valence-corrected chi connectivity index (χ4v) is 1.74. The van der Waals surface area contributed by atoms with Crippen LogP contribution < -0.4 is 0 Å². The second kappa shape index (κ2) is 9.51. The summed E-state index contributed by atoms with van der Waals surface area (Å²) in [7, 11) is 0. The van der Waals surface area contributed by atoms with Crippen LogP contribution in [0.1, 0.15) is 72.6 Å². The maximum atomic E-state index is 5.68. The summed E-state index contributed by atoms with van der Waals surface area (Å²) in [5, 5.41) is 0. The largest absolute Gasteiger partial charge is 0.376 e. The first-order valence-electron chi connectivity index (χ1n) is 6.32. The van der Waals surface area contributed by atoms with Crippen LogP contribution in [0.15, 0.2) is 0 Å². The number of hydrogen-bond acceptors (Lipinski definition) is 1. The summed E-state index contributed by atoms with van der Waals surface area (Å²) in [5.41, 5.74) is 0. The molecule has 1 nitrogen and oxygen atoms in total. The average molecular weight is 200 g/mol. The summed E-state index contributed by atoms with van der Waals surface area (Å²) in [5.74, 6) is 0. The normalized spacial score (nSPS) is 13.5. The molecule has 0 fully saturated rings. The highest BCUT2D eigenvalue weighted by Gasteiger charge is 2.03. The lowest BCUT2D eigenvalue weighted by Crippen LogP contribution is -2.13. The van der Waals surface area contributed by atoms with Gasteiger partial charge < -0.3 is 4.74 Å². The van der Waals surface area contributed by atoms with Crippen LogP contribution in [0.4, 0.5) is 0 Å². The van der Waals surface area contributed by atoms with Crippen LogP contribution in [-0.2, 0) is 4.74 Å². The molecule has 1 atom stereocenters. The van der Waals surface area contributed by atoms with Crippen molar-refractivity contribution in [1.82, 2.24) is 0 Å². The summed E-state index contributed by atoms with van der Waals surface area (Å²) in [4.78, 5) is 0. The minimum absolute atomic E-state index is 0.380. The van der Waals surface area contributed by atoms with Gasteiger partial charge in [-0.25, -0.2) is 0 Å². The van der Waals surface area contributed by atoms with Gasteiger partial charge in [-0.15, -0.1) is 0 Å². The Bertz CT molecular complexity index is 110. The van der Waals surface area contributed by atoms with Gasteiger partial charge in [0, 0.05) is 0 Å². The Morgan fingerprint density at radius 3 is 2.00 bits per heavy atom. The Kier molecular flexibility index (Phi) is 9.49. The van der Waals surface area contributed by atoms with Crippen molar-refractivity contribution < 1.29 is 4.74 Å². The molecule has 0 radical (unpaired) electrons. The maximum absolute atomic E-state index is 5.68. The van der Waals surface area contributed by atoms with Crippen molar-refractivity contribution in [3.05, 3.63) is 0 Å². The van der Waals surface area contributed by atoms with Gasteiger partial charge in [-0.1, -0.05) is 45.4 Å². The van der Waals surface area contributed by atoms with E-state index in [0.29, 0.717) is 12.2 Å². The first-order chi connectivity index (χ1) is 6.66. The second-order valence-corrected chi connectivity index (χ2v) is 4.55. The smallest absolute Gasteiger partial charge is 0.0550 e. The number of hydrogen-bond donors (Lipinski definition) is 0. The Labute approximate surface area is 90.2 Å². The molecular weight excluding hydrogens is 172 g/mol. The van der Waals surface area contributed by atoms with Gasteiger partial charge in [0.05, 0.1) is 12.2 Å². The van der Waals surface area contributed by atoms with E-state index in [9.17, 15) is 0 Å². The van der Waals surface area contributed by atoms with E-state index in [2.05, 4.69) is 27.7 Å². The summed E-state index contributed by atoms with van der Waals surface area (Å²) >= 11 is 0. The molecule has 0 aliphatic heterocycles. The molecule has 0 amide bonds. The Hall–Kier alpha value is -0.0400. The zero-order chi connectivity index (χ0) is 10.8. The van der Waals surface area contributed by atoms with Crippen LogP contribution in [0.25, 0.3) is 0 Å². The molecule has 86 valence electrons. The Balaban J connectivity index is 3.10. The van der Waals surface area contributed by atoms with Crippen molar-refractivity contribution in [3.8, 4) is 0 Å². The van der Waals surface area contributed by atoms with Gasteiger partial charge in [0.25, 0.3) is 0 Å². The zero-order valence-electron chi connectivity index (χ0n) is 10.5. The van der Waals surface area contributed by atoms with E-state index in [-0.39, 0.29) is 0 Å². The second-order valence-electron chi connectivity index (χ2n) is 4.55.